The first-order chi connectivity index (χ1) is 13.5. The number of aryl methyl sites for hydroxylation is 1. The van der Waals surface area contributed by atoms with Gasteiger partial charge >= 0.3 is 0 Å². The first-order valence-electron chi connectivity index (χ1n) is 10.0. The third kappa shape index (κ3) is 6.39. The van der Waals surface area contributed by atoms with Crippen molar-refractivity contribution in [2.24, 2.45) is 0 Å². The minimum atomic E-state index is -1.66. The number of ether oxygens (including phenoxy) is 1. The van der Waals surface area contributed by atoms with Crippen molar-refractivity contribution >= 4 is 25.7 Å². The first-order valence-corrected chi connectivity index (χ1v) is 13.3. The zero-order chi connectivity index (χ0) is 21.7. The Bertz CT molecular complexity index is 829. The van der Waals surface area contributed by atoms with Crippen molar-refractivity contribution in [3.63, 3.8) is 0 Å². The zero-order valence-corrected chi connectivity index (χ0v) is 20.1. The van der Waals surface area contributed by atoms with Crippen molar-refractivity contribution < 1.29 is 14.0 Å². The van der Waals surface area contributed by atoms with Crippen LogP contribution in [0.5, 0.6) is 5.88 Å². The second kappa shape index (κ2) is 9.87. The number of rotatable bonds is 9. The van der Waals surface area contributed by atoms with Crippen LogP contribution in [0.4, 0.5) is 0 Å². The van der Waals surface area contributed by atoms with Crippen molar-refractivity contribution in [2.45, 2.75) is 58.2 Å². The van der Waals surface area contributed by atoms with Gasteiger partial charge in [0.1, 0.15) is 10.7 Å². The van der Waals surface area contributed by atoms with E-state index in [9.17, 15) is 4.79 Å². The quantitative estimate of drug-likeness (QED) is 0.263. The minimum absolute atomic E-state index is 0.144. The molecule has 0 saturated carbocycles. The number of halogens is 1. The second-order valence-electron chi connectivity index (χ2n) is 8.78. The third-order valence-corrected chi connectivity index (χ3v) is 10.4. The molecule has 0 aliphatic carbocycles. The van der Waals surface area contributed by atoms with Crippen molar-refractivity contribution in [1.29, 1.82) is 0 Å². The van der Waals surface area contributed by atoms with E-state index in [1.54, 1.807) is 12.1 Å². The second-order valence-corrected chi connectivity index (χ2v) is 14.0. The summed E-state index contributed by atoms with van der Waals surface area (Å²) in [6.45, 7) is 12.2. The number of hydrogen-bond acceptors (Lipinski definition) is 4. The van der Waals surface area contributed by atoms with E-state index in [1.807, 2.05) is 24.3 Å². The van der Waals surface area contributed by atoms with Crippen LogP contribution in [0.25, 0.3) is 0 Å². The monoisotopic (exact) mass is 433 g/mol. The molecule has 6 heteroatoms. The van der Waals surface area contributed by atoms with Gasteiger partial charge in [0.15, 0.2) is 8.32 Å². The maximum Gasteiger partial charge on any atom is 0.232 e. The number of aromatic nitrogens is 1. The molecule has 4 nitrogen and oxygen atoms in total. The van der Waals surface area contributed by atoms with E-state index in [0.29, 0.717) is 16.3 Å². The van der Waals surface area contributed by atoms with Gasteiger partial charge in [-0.25, -0.2) is 4.98 Å². The number of hydrogen-bond donors (Lipinski definition) is 0. The average molecular weight is 434 g/mol. The molecule has 0 spiro atoms. The highest BCUT2D eigenvalue weighted by Crippen LogP contribution is 2.36. The maximum atomic E-state index is 12.6. The smallest absolute Gasteiger partial charge is 0.232 e. The molecule has 0 radical (unpaired) electrons. The largest absolute Gasteiger partial charge is 0.480 e. The molecule has 0 bridgehead atoms. The lowest BCUT2D eigenvalue weighted by Crippen LogP contribution is -2.40. The number of carbonyl (C=O) groups excluding carboxylic acids is 1. The van der Waals surface area contributed by atoms with Gasteiger partial charge in [-0.05, 0) is 55.1 Å². The molecule has 1 aromatic carbocycles. The van der Waals surface area contributed by atoms with Gasteiger partial charge in [0, 0.05) is 12.2 Å². The van der Waals surface area contributed by atoms with Crippen LogP contribution >= 0.6 is 11.6 Å². The van der Waals surface area contributed by atoms with Crippen molar-refractivity contribution in [3.8, 4) is 5.88 Å². The highest BCUT2D eigenvalue weighted by Gasteiger charge is 2.36. The van der Waals surface area contributed by atoms with Crippen LogP contribution < -0.4 is 4.74 Å². The predicted octanol–water partition coefficient (Wildman–Crippen LogP) is 6.32. The molecule has 29 heavy (non-hydrogen) atoms. The Labute approximate surface area is 180 Å². The van der Waals surface area contributed by atoms with Crippen LogP contribution in [0, 0.1) is 0 Å². The Kier molecular flexibility index (Phi) is 8.03. The Morgan fingerprint density at radius 2 is 1.72 bits per heavy atom. The molecule has 0 aliphatic heterocycles. The topological polar surface area (TPSA) is 48.4 Å². The number of carbonyl (C=O) groups is 1. The number of unbranched alkanes of at least 4 members (excludes halogenated alkanes) is 1. The lowest BCUT2D eigenvalue weighted by Gasteiger charge is -2.36. The molecule has 0 atom stereocenters. The highest BCUT2D eigenvalue weighted by atomic mass is 35.5. The van der Waals surface area contributed by atoms with Crippen LogP contribution in [-0.2, 0) is 10.8 Å². The highest BCUT2D eigenvalue weighted by molar-refractivity contribution is 6.74. The van der Waals surface area contributed by atoms with Crippen molar-refractivity contribution in [1.82, 2.24) is 4.98 Å². The lowest BCUT2D eigenvalue weighted by atomic mass is 10.0. The number of methoxy groups -OCH3 is 1. The van der Waals surface area contributed by atoms with E-state index in [1.165, 1.54) is 12.7 Å². The summed E-state index contributed by atoms with van der Waals surface area (Å²) >= 11 is 5.98. The minimum Gasteiger partial charge on any atom is -0.480 e. The Morgan fingerprint density at radius 1 is 1.07 bits per heavy atom. The van der Waals surface area contributed by atoms with Crippen LogP contribution in [0.15, 0.2) is 36.4 Å². The van der Waals surface area contributed by atoms with E-state index < -0.39 is 8.32 Å². The fourth-order valence-electron chi connectivity index (χ4n) is 2.64. The molecule has 0 aliphatic rings. The molecule has 1 aromatic heterocycles. The molecule has 2 rings (SSSR count). The van der Waals surface area contributed by atoms with Gasteiger partial charge in [-0.3, -0.25) is 4.79 Å². The van der Waals surface area contributed by atoms with E-state index in [0.717, 1.165) is 25.9 Å². The first kappa shape index (κ1) is 23.6. The normalized spacial score (nSPS) is 12.1. The summed E-state index contributed by atoms with van der Waals surface area (Å²) in [5.41, 5.74) is 2.14. The molecule has 0 N–H and O–H groups in total. The summed E-state index contributed by atoms with van der Waals surface area (Å²) in [5.74, 6) is 0.114. The third-order valence-electron chi connectivity index (χ3n) is 5.58. The van der Waals surface area contributed by atoms with E-state index >= 15 is 0 Å². The van der Waals surface area contributed by atoms with Crippen molar-refractivity contribution in [3.05, 3.63) is 58.2 Å². The van der Waals surface area contributed by atoms with E-state index in [-0.39, 0.29) is 16.7 Å². The summed E-state index contributed by atoms with van der Waals surface area (Å²) in [7, 11) is -0.177. The number of pyridine rings is 1. The summed E-state index contributed by atoms with van der Waals surface area (Å²) in [6.07, 6.45) is 3.09. The number of ketones is 1. The van der Waals surface area contributed by atoms with Gasteiger partial charge in [0.05, 0.1) is 7.11 Å². The Morgan fingerprint density at radius 3 is 2.31 bits per heavy atom. The predicted molar refractivity (Wildman–Crippen MR) is 122 cm³/mol. The van der Waals surface area contributed by atoms with Crippen LogP contribution in [-0.4, -0.2) is 32.8 Å². The Hall–Kier alpha value is -1.69. The van der Waals surface area contributed by atoms with E-state index in [2.05, 4.69) is 38.8 Å². The summed E-state index contributed by atoms with van der Waals surface area (Å²) in [5, 5.41) is 0.634. The fourth-order valence-corrected chi connectivity index (χ4v) is 3.91. The number of benzene rings is 1. The van der Waals surface area contributed by atoms with Gasteiger partial charge in [-0.2, -0.15) is 0 Å². The van der Waals surface area contributed by atoms with Gasteiger partial charge in [-0.1, -0.05) is 56.6 Å². The molecule has 2 aromatic rings. The van der Waals surface area contributed by atoms with Crippen LogP contribution in [0.1, 0.15) is 55.2 Å². The van der Waals surface area contributed by atoms with Gasteiger partial charge in [-0.15, -0.1) is 0 Å². The van der Waals surface area contributed by atoms with Crippen LogP contribution in [0.2, 0.25) is 23.2 Å². The fraction of sp³-hybridized carbons (Fsp3) is 0.478. The molecule has 1 heterocycles. The Balaban J connectivity index is 1.87. The van der Waals surface area contributed by atoms with Crippen molar-refractivity contribution in [2.75, 3.05) is 13.7 Å². The lowest BCUT2D eigenvalue weighted by molar-refractivity contribution is 0.103. The molecule has 0 fully saturated rings. The summed E-state index contributed by atoms with van der Waals surface area (Å²) in [6, 6.07) is 11.0. The maximum absolute atomic E-state index is 12.6. The summed E-state index contributed by atoms with van der Waals surface area (Å²) < 4.78 is 11.3. The van der Waals surface area contributed by atoms with Gasteiger partial charge < -0.3 is 9.16 Å². The zero-order valence-electron chi connectivity index (χ0n) is 18.3. The molecule has 0 amide bonds. The van der Waals surface area contributed by atoms with Gasteiger partial charge in [0.25, 0.3) is 0 Å². The SMILES string of the molecule is COc1nc(C(=O)c2ccc(CCCCO[Si](C)(C)C(C)(C)C)cc2)ccc1Cl. The molecular formula is C23H32ClNO3Si. The molecular weight excluding hydrogens is 402 g/mol. The summed E-state index contributed by atoms with van der Waals surface area (Å²) in [4.78, 5) is 16.8. The number of nitrogens with zero attached hydrogens (tertiary/aromatic N) is 1. The van der Waals surface area contributed by atoms with Crippen LogP contribution in [0.3, 0.4) is 0 Å². The molecule has 158 valence electrons. The standard InChI is InChI=1S/C23H32ClNO3Si/c1-23(2,3)29(5,6)28-16-8-7-9-17-10-12-18(13-11-17)21(26)20-15-14-19(24)22(25-20)27-4/h10-15H,7-9,16H2,1-6H3. The molecule has 0 saturated heterocycles. The van der Waals surface area contributed by atoms with E-state index in [4.69, 9.17) is 20.8 Å². The average Bonchev–Trinajstić information content (AvgIpc) is 2.67. The molecule has 0 unspecified atom stereocenters. The van der Waals surface area contributed by atoms with Gasteiger partial charge in [0.2, 0.25) is 11.7 Å².